The zero-order valence-electron chi connectivity index (χ0n) is 10.2. The average molecular weight is 240 g/mol. The van der Waals surface area contributed by atoms with E-state index in [1.807, 2.05) is 6.92 Å². The highest BCUT2D eigenvalue weighted by atomic mass is 16.4. The Morgan fingerprint density at radius 3 is 2.59 bits per heavy atom. The molecule has 0 bridgehead atoms. The summed E-state index contributed by atoms with van der Waals surface area (Å²) in [6, 6.07) is 0. The number of carbonyl (C=O) groups excluding carboxylic acids is 1. The Labute approximate surface area is 101 Å². The standard InChI is InChI=1S/C12H20N2O3/c1-2-14(8-10(15)16)11(17)9-7-12(9)3-5-13-6-4-12/h9,13H,2-8H2,1H3,(H,15,16). The average Bonchev–Trinajstić information content (AvgIpc) is 2.99. The fraction of sp³-hybridized carbons (Fsp3) is 0.833. The molecular weight excluding hydrogens is 220 g/mol. The van der Waals surface area contributed by atoms with Crippen LogP contribution in [-0.2, 0) is 9.59 Å². The van der Waals surface area contributed by atoms with E-state index < -0.39 is 5.97 Å². The second kappa shape index (κ2) is 4.64. The van der Waals surface area contributed by atoms with Gasteiger partial charge in [0.05, 0.1) is 0 Å². The number of carboxylic acids is 1. The lowest BCUT2D eigenvalue weighted by Gasteiger charge is -2.25. The molecule has 0 aromatic rings. The molecule has 1 saturated heterocycles. The van der Waals surface area contributed by atoms with Gasteiger partial charge in [0.25, 0.3) is 0 Å². The first-order valence-electron chi connectivity index (χ1n) is 6.30. The molecule has 0 aromatic carbocycles. The Balaban J connectivity index is 1.94. The van der Waals surface area contributed by atoms with Crippen molar-refractivity contribution in [2.24, 2.45) is 11.3 Å². The number of carboxylic acid groups (broad SMARTS) is 1. The van der Waals surface area contributed by atoms with Crippen LogP contribution in [-0.4, -0.2) is 48.1 Å². The summed E-state index contributed by atoms with van der Waals surface area (Å²) in [4.78, 5) is 24.3. The Hall–Kier alpha value is -1.10. The number of amides is 1. The maximum Gasteiger partial charge on any atom is 0.323 e. The van der Waals surface area contributed by atoms with Gasteiger partial charge in [-0.3, -0.25) is 9.59 Å². The molecule has 1 aliphatic heterocycles. The molecule has 1 amide bonds. The highest BCUT2D eigenvalue weighted by molar-refractivity contribution is 5.86. The first kappa shape index (κ1) is 12.4. The van der Waals surface area contributed by atoms with Crippen LogP contribution in [0.2, 0.25) is 0 Å². The van der Waals surface area contributed by atoms with Crippen molar-refractivity contribution in [3.63, 3.8) is 0 Å². The highest BCUT2D eigenvalue weighted by Gasteiger charge is 2.58. The number of likely N-dealkylation sites (N-methyl/N-ethyl adjacent to an activating group) is 1. The minimum atomic E-state index is -0.930. The maximum atomic E-state index is 12.2. The third-order valence-electron chi connectivity index (χ3n) is 4.11. The minimum Gasteiger partial charge on any atom is -0.480 e. The summed E-state index contributed by atoms with van der Waals surface area (Å²) in [5.74, 6) is -0.819. The van der Waals surface area contributed by atoms with Gasteiger partial charge in [-0.25, -0.2) is 0 Å². The van der Waals surface area contributed by atoms with E-state index in [9.17, 15) is 9.59 Å². The first-order valence-corrected chi connectivity index (χ1v) is 6.30. The van der Waals surface area contributed by atoms with Crippen molar-refractivity contribution >= 4 is 11.9 Å². The molecule has 1 saturated carbocycles. The van der Waals surface area contributed by atoms with Crippen LogP contribution < -0.4 is 5.32 Å². The third-order valence-corrected chi connectivity index (χ3v) is 4.11. The van der Waals surface area contributed by atoms with Crippen molar-refractivity contribution in [2.75, 3.05) is 26.2 Å². The molecular formula is C12H20N2O3. The summed E-state index contributed by atoms with van der Waals surface area (Å²) in [6.07, 6.45) is 3.05. The smallest absolute Gasteiger partial charge is 0.323 e. The predicted molar refractivity (Wildman–Crippen MR) is 62.5 cm³/mol. The van der Waals surface area contributed by atoms with Gasteiger partial charge in [-0.2, -0.15) is 0 Å². The quantitative estimate of drug-likeness (QED) is 0.742. The van der Waals surface area contributed by atoms with Crippen molar-refractivity contribution in [1.82, 2.24) is 10.2 Å². The van der Waals surface area contributed by atoms with E-state index in [2.05, 4.69) is 5.32 Å². The molecule has 1 spiro atoms. The molecule has 2 rings (SSSR count). The van der Waals surface area contributed by atoms with Crippen LogP contribution in [0.3, 0.4) is 0 Å². The van der Waals surface area contributed by atoms with Crippen LogP contribution in [0.1, 0.15) is 26.2 Å². The molecule has 1 heterocycles. The number of nitrogens with zero attached hydrogens (tertiary/aromatic N) is 1. The molecule has 1 unspecified atom stereocenters. The predicted octanol–water partition coefficient (Wildman–Crippen LogP) is 0.309. The highest BCUT2D eigenvalue weighted by Crippen LogP contribution is 2.59. The lowest BCUT2D eigenvalue weighted by Crippen LogP contribution is -2.39. The van der Waals surface area contributed by atoms with Crippen LogP contribution in [0, 0.1) is 11.3 Å². The van der Waals surface area contributed by atoms with E-state index in [0.717, 1.165) is 32.4 Å². The SMILES string of the molecule is CCN(CC(=O)O)C(=O)C1CC12CCNCC2. The van der Waals surface area contributed by atoms with Gasteiger partial charge in [-0.05, 0) is 44.7 Å². The van der Waals surface area contributed by atoms with Gasteiger partial charge in [0, 0.05) is 12.5 Å². The van der Waals surface area contributed by atoms with Crippen LogP contribution >= 0.6 is 0 Å². The van der Waals surface area contributed by atoms with Gasteiger partial charge in [-0.15, -0.1) is 0 Å². The van der Waals surface area contributed by atoms with Crippen LogP contribution in [0.5, 0.6) is 0 Å². The van der Waals surface area contributed by atoms with E-state index in [0.29, 0.717) is 6.54 Å². The fourth-order valence-electron chi connectivity index (χ4n) is 2.90. The summed E-state index contributed by atoms with van der Waals surface area (Å²) in [7, 11) is 0. The number of aliphatic carboxylic acids is 1. The molecule has 5 heteroatoms. The van der Waals surface area contributed by atoms with Crippen molar-refractivity contribution < 1.29 is 14.7 Å². The molecule has 0 aromatic heterocycles. The van der Waals surface area contributed by atoms with E-state index in [1.54, 1.807) is 0 Å². The maximum absolute atomic E-state index is 12.2. The van der Waals surface area contributed by atoms with E-state index in [-0.39, 0.29) is 23.8 Å². The van der Waals surface area contributed by atoms with Gasteiger partial charge < -0.3 is 15.3 Å². The molecule has 96 valence electrons. The van der Waals surface area contributed by atoms with Crippen molar-refractivity contribution in [2.45, 2.75) is 26.2 Å². The number of piperidine rings is 1. The molecule has 2 fully saturated rings. The van der Waals surface area contributed by atoms with Gasteiger partial charge >= 0.3 is 5.97 Å². The topological polar surface area (TPSA) is 69.6 Å². The lowest BCUT2D eigenvalue weighted by atomic mass is 9.91. The van der Waals surface area contributed by atoms with Gasteiger partial charge in [0.1, 0.15) is 6.54 Å². The third kappa shape index (κ3) is 2.44. The monoisotopic (exact) mass is 240 g/mol. The van der Waals surface area contributed by atoms with Crippen LogP contribution in [0.25, 0.3) is 0 Å². The Morgan fingerprint density at radius 1 is 1.41 bits per heavy atom. The summed E-state index contributed by atoms with van der Waals surface area (Å²) >= 11 is 0. The number of hydrogen-bond acceptors (Lipinski definition) is 3. The van der Waals surface area contributed by atoms with Gasteiger partial charge in [0.15, 0.2) is 0 Å². The van der Waals surface area contributed by atoms with Gasteiger partial charge in [-0.1, -0.05) is 0 Å². The molecule has 0 radical (unpaired) electrons. The number of nitrogens with one attached hydrogen (secondary N) is 1. The molecule has 2 N–H and O–H groups in total. The zero-order valence-corrected chi connectivity index (χ0v) is 10.2. The second-order valence-corrected chi connectivity index (χ2v) is 5.12. The Kier molecular flexibility index (Phi) is 3.38. The second-order valence-electron chi connectivity index (χ2n) is 5.12. The fourth-order valence-corrected chi connectivity index (χ4v) is 2.90. The number of hydrogen-bond donors (Lipinski definition) is 2. The van der Waals surface area contributed by atoms with E-state index in [1.165, 1.54) is 4.90 Å². The number of rotatable bonds is 4. The summed E-state index contributed by atoms with van der Waals surface area (Å²) < 4.78 is 0. The normalized spacial score (nSPS) is 25.6. The summed E-state index contributed by atoms with van der Waals surface area (Å²) in [6.45, 7) is 4.11. The van der Waals surface area contributed by atoms with Gasteiger partial charge in [0.2, 0.25) is 5.91 Å². The van der Waals surface area contributed by atoms with Crippen LogP contribution in [0.15, 0.2) is 0 Å². The molecule has 17 heavy (non-hydrogen) atoms. The molecule has 2 aliphatic rings. The minimum absolute atomic E-state index is 0.0387. The number of carbonyl (C=O) groups is 2. The van der Waals surface area contributed by atoms with E-state index >= 15 is 0 Å². The molecule has 1 atom stereocenters. The summed E-state index contributed by atoms with van der Waals surface area (Å²) in [5.41, 5.74) is 0.189. The van der Waals surface area contributed by atoms with Crippen molar-refractivity contribution in [3.8, 4) is 0 Å². The lowest BCUT2D eigenvalue weighted by molar-refractivity contribution is -0.145. The van der Waals surface area contributed by atoms with Crippen molar-refractivity contribution in [3.05, 3.63) is 0 Å². The molecule has 1 aliphatic carbocycles. The zero-order chi connectivity index (χ0) is 12.5. The van der Waals surface area contributed by atoms with Crippen LogP contribution in [0.4, 0.5) is 0 Å². The van der Waals surface area contributed by atoms with E-state index in [4.69, 9.17) is 5.11 Å². The summed E-state index contributed by atoms with van der Waals surface area (Å²) in [5, 5.41) is 12.1. The molecule has 5 nitrogen and oxygen atoms in total. The largest absolute Gasteiger partial charge is 0.480 e. The van der Waals surface area contributed by atoms with Crippen molar-refractivity contribution in [1.29, 1.82) is 0 Å². The Morgan fingerprint density at radius 2 is 2.06 bits per heavy atom. The first-order chi connectivity index (χ1) is 8.09. The Bertz CT molecular complexity index is 324.